The van der Waals surface area contributed by atoms with Gasteiger partial charge in [-0.15, -0.1) is 0 Å². The molecule has 3 heterocycles. The maximum atomic E-state index is 12.3. The van der Waals surface area contributed by atoms with Crippen molar-refractivity contribution in [2.45, 2.75) is 12.5 Å². The van der Waals surface area contributed by atoms with Gasteiger partial charge in [-0.05, 0) is 18.2 Å². The number of pyridine rings is 1. The number of para-hydroxylation sites is 1. The minimum Gasteiger partial charge on any atom is -0.409 e. The molecule has 22 heavy (non-hydrogen) atoms. The van der Waals surface area contributed by atoms with E-state index >= 15 is 0 Å². The predicted octanol–water partition coefficient (Wildman–Crippen LogP) is 1.69. The van der Waals surface area contributed by atoms with Gasteiger partial charge in [0.15, 0.2) is 0 Å². The molecule has 6 nitrogen and oxygen atoms in total. The van der Waals surface area contributed by atoms with E-state index in [4.69, 9.17) is 0 Å². The van der Waals surface area contributed by atoms with Crippen LogP contribution in [-0.4, -0.2) is 33.9 Å². The van der Waals surface area contributed by atoms with E-state index in [-0.39, 0.29) is 18.4 Å². The molecular formula is C15H13N3O3Si. The average molecular weight is 311 g/mol. The van der Waals surface area contributed by atoms with E-state index in [2.05, 4.69) is 10.3 Å². The van der Waals surface area contributed by atoms with Crippen molar-refractivity contribution in [1.29, 1.82) is 0 Å². The SMILES string of the molecule is O=C1CC[Si](O)(n2c3ccccc3c3cccnc32)C(=O)N1. The molecule has 3 aromatic rings. The fourth-order valence-electron chi connectivity index (χ4n) is 3.07. The van der Waals surface area contributed by atoms with E-state index in [9.17, 15) is 14.4 Å². The third-order valence-electron chi connectivity index (χ3n) is 4.12. The van der Waals surface area contributed by atoms with Crippen molar-refractivity contribution in [1.82, 2.24) is 14.5 Å². The van der Waals surface area contributed by atoms with Gasteiger partial charge in [-0.3, -0.25) is 14.9 Å². The lowest BCUT2D eigenvalue weighted by Crippen LogP contribution is -2.61. The summed E-state index contributed by atoms with van der Waals surface area (Å²) in [4.78, 5) is 39.2. The highest BCUT2D eigenvalue weighted by Gasteiger charge is 2.49. The Morgan fingerprint density at radius 2 is 1.91 bits per heavy atom. The highest BCUT2D eigenvalue weighted by Crippen LogP contribution is 2.32. The smallest absolute Gasteiger partial charge is 0.403 e. The van der Waals surface area contributed by atoms with Crippen LogP contribution in [0.25, 0.3) is 21.9 Å². The second-order valence-corrected chi connectivity index (χ2v) is 8.46. The normalized spacial score (nSPS) is 22.2. The molecule has 1 saturated heterocycles. The van der Waals surface area contributed by atoms with Crippen LogP contribution >= 0.6 is 0 Å². The molecule has 1 aromatic carbocycles. The van der Waals surface area contributed by atoms with Crippen molar-refractivity contribution in [2.24, 2.45) is 0 Å². The van der Waals surface area contributed by atoms with Crippen LogP contribution in [0.4, 0.5) is 4.79 Å². The fraction of sp³-hybridized carbons (Fsp3) is 0.133. The van der Waals surface area contributed by atoms with E-state index < -0.39 is 14.0 Å². The topological polar surface area (TPSA) is 84.2 Å². The van der Waals surface area contributed by atoms with Gasteiger partial charge in [0.1, 0.15) is 5.65 Å². The summed E-state index contributed by atoms with van der Waals surface area (Å²) in [5, 5.41) is 4.11. The Bertz CT molecular complexity index is 883. The van der Waals surface area contributed by atoms with Gasteiger partial charge in [0.2, 0.25) is 5.91 Å². The Morgan fingerprint density at radius 3 is 2.73 bits per heavy atom. The fourth-order valence-corrected chi connectivity index (χ4v) is 5.77. The summed E-state index contributed by atoms with van der Waals surface area (Å²) in [5.41, 5.74) is 0.786. The molecule has 0 saturated carbocycles. The monoisotopic (exact) mass is 311 g/mol. The standard InChI is InChI=1S/C15H13N3O3Si/c19-13-7-9-22(21,15(20)17-13)18-12-6-2-1-4-10(12)11-5-3-8-16-14(11)18/h1-6,8,21H,7,9H2,(H,17,19,20). The number of amides is 2. The van der Waals surface area contributed by atoms with Crippen LogP contribution in [0.2, 0.25) is 6.04 Å². The number of aromatic nitrogens is 2. The van der Waals surface area contributed by atoms with Crippen molar-refractivity contribution in [2.75, 3.05) is 0 Å². The molecule has 1 atom stereocenters. The van der Waals surface area contributed by atoms with Crippen LogP contribution in [0.1, 0.15) is 6.42 Å². The quantitative estimate of drug-likeness (QED) is 0.670. The second-order valence-electron chi connectivity index (χ2n) is 5.42. The summed E-state index contributed by atoms with van der Waals surface area (Å²) in [6.07, 6.45) is 1.79. The number of imide groups is 1. The van der Waals surface area contributed by atoms with Crippen LogP contribution in [0.15, 0.2) is 42.6 Å². The third kappa shape index (κ3) is 1.66. The first-order chi connectivity index (χ1) is 10.6. The molecule has 1 aliphatic rings. The lowest BCUT2D eigenvalue weighted by Gasteiger charge is -2.29. The van der Waals surface area contributed by atoms with Crippen LogP contribution in [0.3, 0.4) is 0 Å². The summed E-state index contributed by atoms with van der Waals surface area (Å²) in [5.74, 6) is -0.337. The number of carbonyl (C=O) groups excluding carboxylic acids is 2. The molecule has 7 heteroatoms. The number of hydrogen-bond acceptors (Lipinski definition) is 4. The average Bonchev–Trinajstić information content (AvgIpc) is 2.87. The zero-order valence-corrected chi connectivity index (χ0v) is 12.6. The highest BCUT2D eigenvalue weighted by atomic mass is 28.4. The first kappa shape index (κ1) is 13.2. The third-order valence-corrected chi connectivity index (χ3v) is 7.11. The lowest BCUT2D eigenvalue weighted by molar-refractivity contribution is -0.119. The Balaban J connectivity index is 2.08. The van der Waals surface area contributed by atoms with Gasteiger partial charge in [0.05, 0.1) is 0 Å². The van der Waals surface area contributed by atoms with Crippen LogP contribution < -0.4 is 5.32 Å². The second kappa shape index (κ2) is 4.49. The molecule has 0 aliphatic carbocycles. The van der Waals surface area contributed by atoms with Crippen LogP contribution in [0, 0.1) is 0 Å². The van der Waals surface area contributed by atoms with Crippen LogP contribution in [0.5, 0.6) is 0 Å². The molecule has 4 rings (SSSR count). The van der Waals surface area contributed by atoms with E-state index in [1.54, 1.807) is 10.4 Å². The minimum atomic E-state index is -3.55. The van der Waals surface area contributed by atoms with Gasteiger partial charge in [0.25, 0.3) is 5.53 Å². The van der Waals surface area contributed by atoms with Crippen molar-refractivity contribution in [3.05, 3.63) is 42.6 Å². The number of benzene rings is 1. The number of nitrogens with one attached hydrogen (secondary N) is 1. The number of rotatable bonds is 1. The van der Waals surface area contributed by atoms with Crippen molar-refractivity contribution in [3.63, 3.8) is 0 Å². The van der Waals surface area contributed by atoms with Gasteiger partial charge in [-0.25, -0.2) is 4.98 Å². The summed E-state index contributed by atoms with van der Waals surface area (Å²) in [6.45, 7) is 0. The summed E-state index contributed by atoms with van der Waals surface area (Å²) < 4.78 is 1.67. The Labute approximate surface area is 126 Å². The van der Waals surface area contributed by atoms with Crippen molar-refractivity contribution >= 4 is 41.9 Å². The maximum Gasteiger partial charge on any atom is 0.403 e. The number of carbonyl (C=O) groups is 2. The highest BCUT2D eigenvalue weighted by molar-refractivity contribution is 7.01. The molecular weight excluding hydrogens is 298 g/mol. The first-order valence-electron chi connectivity index (χ1n) is 7.02. The first-order valence-corrected chi connectivity index (χ1v) is 9.13. The van der Waals surface area contributed by atoms with Crippen molar-refractivity contribution in [3.8, 4) is 0 Å². The molecule has 1 aliphatic heterocycles. The summed E-state index contributed by atoms with van der Waals surface area (Å²) in [6, 6.07) is 11.5. The number of hydrogen-bond donors (Lipinski definition) is 2. The number of nitrogens with zero attached hydrogens (tertiary/aromatic N) is 2. The van der Waals surface area contributed by atoms with E-state index in [0.717, 1.165) is 16.3 Å². The van der Waals surface area contributed by atoms with Crippen LogP contribution in [-0.2, 0) is 4.79 Å². The predicted molar refractivity (Wildman–Crippen MR) is 83.6 cm³/mol. The molecule has 0 spiro atoms. The van der Waals surface area contributed by atoms with Gasteiger partial charge < -0.3 is 9.03 Å². The largest absolute Gasteiger partial charge is 0.409 e. The zero-order chi connectivity index (χ0) is 15.3. The summed E-state index contributed by atoms with van der Waals surface area (Å²) in [7, 11) is -3.55. The zero-order valence-electron chi connectivity index (χ0n) is 11.6. The maximum absolute atomic E-state index is 12.3. The van der Waals surface area contributed by atoms with Gasteiger partial charge in [-0.1, -0.05) is 18.2 Å². The van der Waals surface area contributed by atoms with Gasteiger partial charge >= 0.3 is 8.48 Å². The lowest BCUT2D eigenvalue weighted by atomic mass is 10.2. The minimum absolute atomic E-state index is 0.148. The van der Waals surface area contributed by atoms with E-state index in [0.29, 0.717) is 5.65 Å². The molecule has 110 valence electrons. The molecule has 0 radical (unpaired) electrons. The van der Waals surface area contributed by atoms with Crippen molar-refractivity contribution < 1.29 is 14.4 Å². The Hall–Kier alpha value is -2.51. The number of fused-ring (bicyclic) bond motifs is 3. The van der Waals surface area contributed by atoms with Gasteiger partial charge in [0, 0.05) is 35.0 Å². The van der Waals surface area contributed by atoms with E-state index in [1.807, 2.05) is 36.4 Å². The molecule has 2 N–H and O–H groups in total. The summed E-state index contributed by atoms with van der Waals surface area (Å²) >= 11 is 0. The molecule has 1 unspecified atom stereocenters. The van der Waals surface area contributed by atoms with Gasteiger partial charge in [-0.2, -0.15) is 0 Å². The van der Waals surface area contributed by atoms with E-state index in [1.165, 1.54) is 0 Å². The molecule has 0 bridgehead atoms. The Morgan fingerprint density at radius 1 is 1.14 bits per heavy atom. The molecule has 2 aromatic heterocycles. The molecule has 2 amide bonds. The molecule has 1 fully saturated rings. The Kier molecular flexibility index (Phi) is 2.69.